The van der Waals surface area contributed by atoms with Crippen molar-refractivity contribution in [3.05, 3.63) is 0 Å². The van der Waals surface area contributed by atoms with Crippen molar-refractivity contribution in [2.45, 2.75) is 121 Å². The molecule has 0 aromatic carbocycles. The van der Waals surface area contributed by atoms with Gasteiger partial charge in [0.2, 0.25) is 59.1 Å². The number of piperidine rings is 1. The molecule has 3 heterocycles. The van der Waals surface area contributed by atoms with Gasteiger partial charge in [-0.15, -0.1) is 0 Å². The lowest BCUT2D eigenvalue weighted by Crippen LogP contribution is -2.61. The fraction of sp³-hybridized carbons (Fsp3) is 0.684. The Kier molecular flexibility index (Phi) is 19.8. The van der Waals surface area contributed by atoms with Gasteiger partial charge in [-0.25, -0.2) is 0 Å². The number of carbonyl (C=O) groups is 12. The maximum atomic E-state index is 14.1. The molecule has 9 atom stereocenters. The third-order valence-corrected chi connectivity index (χ3v) is 10.9. The van der Waals surface area contributed by atoms with Gasteiger partial charge in [0, 0.05) is 19.6 Å². The molecule has 64 heavy (non-hydrogen) atoms. The van der Waals surface area contributed by atoms with E-state index in [4.69, 9.17) is 5.73 Å². The van der Waals surface area contributed by atoms with Crippen molar-refractivity contribution in [1.29, 1.82) is 0 Å². The average Bonchev–Trinajstić information content (AvgIpc) is 3.75. The number of aliphatic hydroxyl groups excluding tert-OH is 1. The molecule has 26 heteroatoms. The molecular formula is C38H59N11O15. The van der Waals surface area contributed by atoms with E-state index in [0.29, 0.717) is 25.7 Å². The molecule has 0 aromatic heterocycles. The van der Waals surface area contributed by atoms with Crippen LogP contribution in [-0.4, -0.2) is 184 Å². The predicted molar refractivity (Wildman–Crippen MR) is 217 cm³/mol. The second-order valence-electron chi connectivity index (χ2n) is 15.8. The Morgan fingerprint density at radius 1 is 0.609 bits per heavy atom. The van der Waals surface area contributed by atoms with Crippen LogP contribution < -0.4 is 48.3 Å². The van der Waals surface area contributed by atoms with Crippen LogP contribution in [0, 0.1) is 5.92 Å². The molecule has 0 bridgehead atoms. The summed E-state index contributed by atoms with van der Waals surface area (Å²) >= 11 is 0. The minimum atomic E-state index is -1.83. The normalized spacial score (nSPS) is 28.2. The fourth-order valence-corrected chi connectivity index (χ4v) is 7.26. The third-order valence-electron chi connectivity index (χ3n) is 10.9. The summed E-state index contributed by atoms with van der Waals surface area (Å²) in [6, 6.07) is -10.0. The molecule has 3 saturated heterocycles. The molecule has 3 fully saturated rings. The number of amides is 10. The lowest BCUT2D eigenvalue weighted by molar-refractivity contribution is -0.144. The highest BCUT2D eigenvalue weighted by atomic mass is 16.4. The summed E-state index contributed by atoms with van der Waals surface area (Å²) in [5.74, 6) is -13.0. The smallest absolute Gasteiger partial charge is 0.305 e. The molecule has 3 aliphatic heterocycles. The number of nitrogens with one attached hydrogen (secondary N) is 8. The van der Waals surface area contributed by atoms with Gasteiger partial charge in [0.05, 0.1) is 38.6 Å². The second kappa shape index (κ2) is 24.4. The molecule has 10 amide bonds. The molecule has 0 aromatic rings. The van der Waals surface area contributed by atoms with Gasteiger partial charge < -0.3 is 73.4 Å². The van der Waals surface area contributed by atoms with Crippen molar-refractivity contribution >= 4 is 71.0 Å². The Balaban J connectivity index is 1.92. The van der Waals surface area contributed by atoms with E-state index in [2.05, 4.69) is 42.5 Å². The highest BCUT2D eigenvalue weighted by Gasteiger charge is 2.41. The standard InChI is InChI=1S/C38H59N11O15/c1-4-18(2)30-38(64)49-11-7-9-24(49)34(60)40-14-20(39)37(63)48-10-6-5-8-23(48)35(61)43-16-26(52)45-21(12-28(54)55)32(58)41-15-25(51)44-22(13-29(56)57)33(59)42-17-27(53)46-31(19(3)50)36(62)47-30/h18-24,30-31,50H,4-17,39H2,1-3H3,(H,40,60)(H,41,58)(H,42,59)(H,43,61)(H,44,51)(H,45,52)(H,46,53)(H,47,62)(H,54,55)(H,56,57)/t18-,19-,20-,21-,22-,23-,24-,30-,31-/m0/s1. The number of aliphatic hydroxyl groups is 1. The average molecular weight is 910 g/mol. The molecule has 0 aliphatic carbocycles. The van der Waals surface area contributed by atoms with Gasteiger partial charge in [-0.1, -0.05) is 20.3 Å². The van der Waals surface area contributed by atoms with Crippen LogP contribution in [0.25, 0.3) is 0 Å². The Bertz CT molecular complexity index is 1810. The first-order valence-corrected chi connectivity index (χ1v) is 20.9. The lowest BCUT2D eigenvalue weighted by atomic mass is 9.96. The lowest BCUT2D eigenvalue weighted by Gasteiger charge is -2.36. The van der Waals surface area contributed by atoms with Crippen LogP contribution in [0.2, 0.25) is 0 Å². The summed E-state index contributed by atoms with van der Waals surface area (Å²) < 4.78 is 0. The van der Waals surface area contributed by atoms with E-state index in [-0.39, 0.29) is 32.5 Å². The van der Waals surface area contributed by atoms with E-state index >= 15 is 0 Å². The largest absolute Gasteiger partial charge is 0.481 e. The van der Waals surface area contributed by atoms with Gasteiger partial charge in [-0.05, 0) is 44.9 Å². The Labute approximate surface area is 367 Å². The quantitative estimate of drug-likeness (QED) is 0.113. The van der Waals surface area contributed by atoms with Crippen molar-refractivity contribution in [3.63, 3.8) is 0 Å². The van der Waals surface area contributed by atoms with E-state index < -0.39 is 158 Å². The van der Waals surface area contributed by atoms with E-state index in [0.717, 1.165) is 0 Å². The van der Waals surface area contributed by atoms with Crippen LogP contribution in [0.1, 0.15) is 72.1 Å². The van der Waals surface area contributed by atoms with Crippen LogP contribution in [0.3, 0.4) is 0 Å². The molecule has 0 spiro atoms. The predicted octanol–water partition coefficient (Wildman–Crippen LogP) is -6.52. The van der Waals surface area contributed by atoms with Crippen molar-refractivity contribution in [3.8, 4) is 0 Å². The number of nitrogens with zero attached hydrogens (tertiary/aromatic N) is 2. The number of carboxylic acid groups (broad SMARTS) is 2. The molecule has 0 unspecified atom stereocenters. The van der Waals surface area contributed by atoms with E-state index in [9.17, 15) is 72.9 Å². The van der Waals surface area contributed by atoms with E-state index in [1.165, 1.54) is 16.7 Å². The van der Waals surface area contributed by atoms with Crippen molar-refractivity contribution in [1.82, 2.24) is 52.3 Å². The first-order chi connectivity index (χ1) is 30.1. The third kappa shape index (κ3) is 15.1. The molecule has 3 aliphatic rings. The topological polar surface area (TPSA) is 394 Å². The Morgan fingerprint density at radius 2 is 1.06 bits per heavy atom. The highest BCUT2D eigenvalue weighted by molar-refractivity contribution is 5.98. The molecule has 356 valence electrons. The number of fused-ring (bicyclic) bond motifs is 2. The van der Waals surface area contributed by atoms with Gasteiger partial charge in [0.15, 0.2) is 0 Å². The molecule has 3 rings (SSSR count). The van der Waals surface area contributed by atoms with Crippen molar-refractivity contribution in [2.75, 3.05) is 39.3 Å². The first-order valence-electron chi connectivity index (χ1n) is 20.9. The van der Waals surface area contributed by atoms with Crippen LogP contribution in [0.4, 0.5) is 0 Å². The van der Waals surface area contributed by atoms with Gasteiger partial charge in [0.1, 0.15) is 42.3 Å². The molecule has 26 nitrogen and oxygen atoms in total. The Morgan fingerprint density at radius 3 is 1.56 bits per heavy atom. The van der Waals surface area contributed by atoms with Gasteiger partial charge in [0.25, 0.3) is 0 Å². The van der Waals surface area contributed by atoms with Crippen molar-refractivity contribution < 1.29 is 72.9 Å². The number of aliphatic carboxylic acids is 2. The maximum Gasteiger partial charge on any atom is 0.305 e. The monoisotopic (exact) mass is 909 g/mol. The van der Waals surface area contributed by atoms with Gasteiger partial charge in [-0.3, -0.25) is 57.5 Å². The minimum Gasteiger partial charge on any atom is -0.481 e. The molecule has 13 N–H and O–H groups in total. The van der Waals surface area contributed by atoms with Crippen molar-refractivity contribution in [2.24, 2.45) is 11.7 Å². The zero-order valence-corrected chi connectivity index (χ0v) is 35.8. The minimum absolute atomic E-state index is 0.105. The summed E-state index contributed by atoms with van der Waals surface area (Å²) in [6.07, 6.45) is -1.36. The SMILES string of the molecule is CC[C@H](C)[C@@H]1NC(=O)[C@H]([C@H](C)O)NC(=O)CNC(=O)[C@H](CC(=O)O)NC(=O)CNC(=O)[C@H](CC(=O)O)NC(=O)CNC(=O)[C@@H]2CCCCN2C(=O)[C@@H](N)CNC(=O)[C@@H]2CCCN2C1=O. The fourth-order valence-electron chi connectivity index (χ4n) is 7.26. The van der Waals surface area contributed by atoms with Crippen LogP contribution in [0.5, 0.6) is 0 Å². The molecular weight excluding hydrogens is 850 g/mol. The molecule has 0 radical (unpaired) electrons. The second-order valence-corrected chi connectivity index (χ2v) is 15.8. The number of hydrogen-bond acceptors (Lipinski definition) is 14. The van der Waals surface area contributed by atoms with Crippen LogP contribution in [-0.2, 0) is 57.5 Å². The maximum absolute atomic E-state index is 14.1. The van der Waals surface area contributed by atoms with Gasteiger partial charge in [-0.2, -0.15) is 0 Å². The number of carbonyl (C=O) groups excluding carboxylic acids is 10. The van der Waals surface area contributed by atoms with Crippen LogP contribution in [0.15, 0.2) is 0 Å². The Hall–Kier alpha value is -6.44. The summed E-state index contributed by atoms with van der Waals surface area (Å²) in [7, 11) is 0. The highest BCUT2D eigenvalue weighted by Crippen LogP contribution is 2.22. The first kappa shape index (κ1) is 51.9. The number of carboxylic acids is 2. The number of nitrogens with two attached hydrogens (primary N) is 1. The summed E-state index contributed by atoms with van der Waals surface area (Å²) in [5.41, 5.74) is 6.22. The number of rotatable bonds is 7. The van der Waals surface area contributed by atoms with Gasteiger partial charge >= 0.3 is 11.9 Å². The van der Waals surface area contributed by atoms with E-state index in [1.807, 2.05) is 0 Å². The number of hydrogen-bond donors (Lipinski definition) is 12. The van der Waals surface area contributed by atoms with E-state index in [1.54, 1.807) is 13.8 Å². The zero-order valence-electron chi connectivity index (χ0n) is 35.8. The summed E-state index contributed by atoms with van der Waals surface area (Å²) in [6.45, 7) is 1.80. The summed E-state index contributed by atoms with van der Waals surface area (Å²) in [5, 5.41) is 47.3. The summed E-state index contributed by atoms with van der Waals surface area (Å²) in [4.78, 5) is 158. The van der Waals surface area contributed by atoms with Crippen LogP contribution >= 0.6 is 0 Å². The zero-order chi connectivity index (χ0) is 47.8. The molecule has 0 saturated carbocycles.